The number of esters is 1. The molecule has 0 aliphatic heterocycles. The summed E-state index contributed by atoms with van der Waals surface area (Å²) < 4.78 is 4.73. The molecule has 18 heavy (non-hydrogen) atoms. The molecule has 0 aromatic heterocycles. The van der Waals surface area contributed by atoms with E-state index in [2.05, 4.69) is 31.2 Å². The average molecular weight is 241 g/mol. The molecule has 0 aliphatic rings. The van der Waals surface area contributed by atoms with E-state index in [4.69, 9.17) is 10.5 Å². The van der Waals surface area contributed by atoms with Crippen molar-refractivity contribution in [3.05, 3.63) is 59.7 Å². The molecule has 0 heterocycles. The van der Waals surface area contributed by atoms with Crippen LogP contribution in [-0.2, 0) is 4.74 Å². The summed E-state index contributed by atoms with van der Waals surface area (Å²) in [7, 11) is 0. The molecule has 0 spiro atoms. The highest BCUT2D eigenvalue weighted by molar-refractivity contribution is 5.90. The fraction of sp³-hybridized carbons (Fsp3) is 0.133. The van der Waals surface area contributed by atoms with Gasteiger partial charge >= 0.3 is 5.97 Å². The van der Waals surface area contributed by atoms with Gasteiger partial charge in [-0.2, -0.15) is 0 Å². The minimum atomic E-state index is -0.395. The maximum Gasteiger partial charge on any atom is 0.339 e. The second-order valence-electron chi connectivity index (χ2n) is 4.04. The number of rotatable bonds is 3. The first-order valence-electron chi connectivity index (χ1n) is 5.75. The normalized spacial score (nSPS) is 10.1. The van der Waals surface area contributed by atoms with Crippen molar-refractivity contribution in [2.45, 2.75) is 6.92 Å². The highest BCUT2D eigenvalue weighted by Gasteiger charge is 2.06. The molecule has 2 N–H and O–H groups in total. The van der Waals surface area contributed by atoms with E-state index in [1.54, 1.807) is 12.1 Å². The largest absolute Gasteiger partial charge is 0.446 e. The predicted molar refractivity (Wildman–Crippen MR) is 71.1 cm³/mol. The third-order valence-corrected chi connectivity index (χ3v) is 2.72. The summed E-state index contributed by atoms with van der Waals surface area (Å²) in [6.07, 6.45) is 0. The molecule has 2 rings (SSSR count). The van der Waals surface area contributed by atoms with Gasteiger partial charge in [0, 0.05) is 0 Å². The maximum atomic E-state index is 11.4. The van der Waals surface area contributed by atoms with Crippen LogP contribution in [0.1, 0.15) is 15.9 Å². The van der Waals surface area contributed by atoms with E-state index in [0.29, 0.717) is 5.56 Å². The van der Waals surface area contributed by atoms with Crippen LogP contribution in [0.15, 0.2) is 48.5 Å². The Labute approximate surface area is 106 Å². The van der Waals surface area contributed by atoms with Crippen molar-refractivity contribution in [2.24, 2.45) is 5.73 Å². The van der Waals surface area contributed by atoms with Gasteiger partial charge in [-0.15, -0.1) is 0 Å². The second kappa shape index (κ2) is 5.47. The lowest BCUT2D eigenvalue weighted by atomic mass is 10.0. The first-order valence-corrected chi connectivity index (χ1v) is 5.75. The molecule has 0 fully saturated rings. The van der Waals surface area contributed by atoms with Crippen LogP contribution >= 0.6 is 0 Å². The van der Waals surface area contributed by atoms with Gasteiger partial charge in [-0.25, -0.2) is 4.79 Å². The smallest absolute Gasteiger partial charge is 0.339 e. The monoisotopic (exact) mass is 241 g/mol. The van der Waals surface area contributed by atoms with Crippen molar-refractivity contribution in [3.63, 3.8) is 0 Å². The quantitative estimate of drug-likeness (QED) is 0.664. The molecule has 0 amide bonds. The van der Waals surface area contributed by atoms with E-state index in [-0.39, 0.29) is 6.73 Å². The van der Waals surface area contributed by atoms with Gasteiger partial charge in [0.15, 0.2) is 0 Å². The first kappa shape index (κ1) is 12.3. The Hall–Kier alpha value is -2.13. The Kier molecular flexibility index (Phi) is 3.75. The van der Waals surface area contributed by atoms with Crippen LogP contribution in [0.5, 0.6) is 0 Å². The summed E-state index contributed by atoms with van der Waals surface area (Å²) in [5.74, 6) is -0.395. The predicted octanol–water partition coefficient (Wildman–Crippen LogP) is 2.74. The molecule has 0 saturated heterocycles. The van der Waals surface area contributed by atoms with Gasteiger partial charge in [-0.05, 0) is 30.2 Å². The zero-order chi connectivity index (χ0) is 13.0. The molecule has 0 saturated carbocycles. The van der Waals surface area contributed by atoms with Crippen LogP contribution in [0.2, 0.25) is 0 Å². The minimum absolute atomic E-state index is 0.0987. The lowest BCUT2D eigenvalue weighted by Gasteiger charge is -2.04. The third-order valence-electron chi connectivity index (χ3n) is 2.72. The molecule has 0 bridgehead atoms. The highest BCUT2D eigenvalue weighted by atomic mass is 16.5. The van der Waals surface area contributed by atoms with Gasteiger partial charge in [0.25, 0.3) is 0 Å². The zero-order valence-corrected chi connectivity index (χ0v) is 10.2. The summed E-state index contributed by atoms with van der Waals surface area (Å²) in [5.41, 5.74) is 9.09. The Morgan fingerprint density at radius 2 is 1.50 bits per heavy atom. The van der Waals surface area contributed by atoms with E-state index in [1.807, 2.05) is 12.1 Å². The molecular weight excluding hydrogens is 226 g/mol. The molecule has 2 aromatic rings. The molecule has 0 atom stereocenters. The van der Waals surface area contributed by atoms with Crippen molar-refractivity contribution < 1.29 is 9.53 Å². The lowest BCUT2D eigenvalue weighted by Crippen LogP contribution is -2.11. The van der Waals surface area contributed by atoms with Crippen molar-refractivity contribution in [1.29, 1.82) is 0 Å². The number of hydrogen-bond acceptors (Lipinski definition) is 3. The van der Waals surface area contributed by atoms with Crippen LogP contribution < -0.4 is 5.73 Å². The average Bonchev–Trinajstić information content (AvgIpc) is 2.40. The van der Waals surface area contributed by atoms with Gasteiger partial charge in [0.2, 0.25) is 0 Å². The van der Waals surface area contributed by atoms with Crippen LogP contribution in [0.3, 0.4) is 0 Å². The van der Waals surface area contributed by atoms with E-state index >= 15 is 0 Å². The van der Waals surface area contributed by atoms with Crippen LogP contribution in [-0.4, -0.2) is 12.7 Å². The van der Waals surface area contributed by atoms with Crippen LogP contribution in [0, 0.1) is 6.92 Å². The summed E-state index contributed by atoms with van der Waals surface area (Å²) >= 11 is 0. The summed E-state index contributed by atoms with van der Waals surface area (Å²) in [4.78, 5) is 11.4. The van der Waals surface area contributed by atoms with Gasteiger partial charge < -0.3 is 4.74 Å². The molecule has 0 radical (unpaired) electrons. The number of benzene rings is 2. The maximum absolute atomic E-state index is 11.4. The highest BCUT2D eigenvalue weighted by Crippen LogP contribution is 2.20. The molecule has 3 heteroatoms. The van der Waals surface area contributed by atoms with Gasteiger partial charge in [0.1, 0.15) is 6.73 Å². The number of aryl methyl sites for hydroxylation is 1. The number of carbonyl (C=O) groups excluding carboxylic acids is 1. The standard InChI is InChI=1S/C15H15NO2/c1-11-2-4-12(5-3-11)13-6-8-14(9-7-13)15(17)18-10-16/h2-9H,10,16H2,1H3. The van der Waals surface area contributed by atoms with Crippen LogP contribution in [0.4, 0.5) is 0 Å². The number of carbonyl (C=O) groups is 1. The fourth-order valence-electron chi connectivity index (χ4n) is 1.70. The molecule has 0 aliphatic carbocycles. The fourth-order valence-corrected chi connectivity index (χ4v) is 1.70. The zero-order valence-electron chi connectivity index (χ0n) is 10.2. The van der Waals surface area contributed by atoms with Crippen molar-refractivity contribution >= 4 is 5.97 Å². The van der Waals surface area contributed by atoms with Crippen molar-refractivity contribution in [2.75, 3.05) is 6.73 Å². The van der Waals surface area contributed by atoms with Gasteiger partial charge in [0.05, 0.1) is 5.56 Å². The first-order chi connectivity index (χ1) is 8.70. The molecule has 0 unspecified atom stereocenters. The minimum Gasteiger partial charge on any atom is -0.446 e. The van der Waals surface area contributed by atoms with Crippen molar-refractivity contribution in [3.8, 4) is 11.1 Å². The van der Waals surface area contributed by atoms with E-state index in [9.17, 15) is 4.79 Å². The summed E-state index contributed by atoms with van der Waals surface area (Å²) in [5, 5.41) is 0. The molecule has 92 valence electrons. The van der Waals surface area contributed by atoms with Gasteiger partial charge in [-0.1, -0.05) is 42.0 Å². The number of nitrogens with two attached hydrogens (primary N) is 1. The van der Waals surface area contributed by atoms with E-state index in [0.717, 1.165) is 11.1 Å². The SMILES string of the molecule is Cc1ccc(-c2ccc(C(=O)OCN)cc2)cc1. The Morgan fingerprint density at radius 3 is 2.00 bits per heavy atom. The molecular formula is C15H15NO2. The van der Waals surface area contributed by atoms with E-state index < -0.39 is 5.97 Å². The molecule has 3 nitrogen and oxygen atoms in total. The summed E-state index contributed by atoms with van der Waals surface area (Å²) in [6, 6.07) is 15.5. The summed E-state index contributed by atoms with van der Waals surface area (Å²) in [6.45, 7) is 1.95. The van der Waals surface area contributed by atoms with E-state index in [1.165, 1.54) is 5.56 Å². The van der Waals surface area contributed by atoms with Gasteiger partial charge in [-0.3, -0.25) is 5.73 Å². The Balaban J connectivity index is 2.22. The Morgan fingerprint density at radius 1 is 1.00 bits per heavy atom. The third kappa shape index (κ3) is 2.76. The Bertz CT molecular complexity index is 529. The van der Waals surface area contributed by atoms with Crippen LogP contribution in [0.25, 0.3) is 11.1 Å². The number of ether oxygens (including phenoxy) is 1. The van der Waals surface area contributed by atoms with Crippen molar-refractivity contribution in [1.82, 2.24) is 0 Å². The number of hydrogen-bond donors (Lipinski definition) is 1. The topological polar surface area (TPSA) is 52.3 Å². The molecule has 2 aromatic carbocycles. The second-order valence-corrected chi connectivity index (χ2v) is 4.04. The lowest BCUT2D eigenvalue weighted by molar-refractivity contribution is 0.0515.